The molecular formula is C15H21N3O2. The average molecular weight is 275 g/mol. The summed E-state index contributed by atoms with van der Waals surface area (Å²) in [5.74, 6) is 1.57. The zero-order chi connectivity index (χ0) is 14.2. The normalized spacial score (nSPS) is 10.5. The van der Waals surface area contributed by atoms with Gasteiger partial charge < -0.3 is 15.2 Å². The fourth-order valence-corrected chi connectivity index (χ4v) is 2.02. The van der Waals surface area contributed by atoms with Crippen molar-refractivity contribution in [3.8, 4) is 11.5 Å². The van der Waals surface area contributed by atoms with E-state index in [1.807, 2.05) is 42.1 Å². The molecule has 2 rings (SSSR count). The van der Waals surface area contributed by atoms with Crippen molar-refractivity contribution in [1.29, 1.82) is 0 Å². The molecule has 0 bridgehead atoms. The van der Waals surface area contributed by atoms with Gasteiger partial charge in [0.1, 0.15) is 6.61 Å². The zero-order valence-electron chi connectivity index (χ0n) is 11.8. The van der Waals surface area contributed by atoms with Gasteiger partial charge in [0.25, 0.3) is 0 Å². The molecule has 0 saturated carbocycles. The Hall–Kier alpha value is -2.01. The van der Waals surface area contributed by atoms with Crippen LogP contribution in [0.3, 0.4) is 0 Å². The molecule has 2 N–H and O–H groups in total. The first-order valence-electron chi connectivity index (χ1n) is 6.90. The van der Waals surface area contributed by atoms with E-state index in [9.17, 15) is 0 Å². The van der Waals surface area contributed by atoms with Gasteiger partial charge in [-0.25, -0.2) is 0 Å². The summed E-state index contributed by atoms with van der Waals surface area (Å²) in [5, 5.41) is 4.15. The minimum atomic E-state index is 0.545. The molecule has 0 amide bonds. The number of benzene rings is 1. The standard InChI is InChI=1S/C15H21N3O2/c1-2-19-14-6-3-5-13(7-8-16)15(14)20-12-11-18-10-4-9-17-18/h3-6,9-10H,2,7-8,11-12,16H2,1H3. The Morgan fingerprint density at radius 1 is 1.25 bits per heavy atom. The van der Waals surface area contributed by atoms with E-state index >= 15 is 0 Å². The van der Waals surface area contributed by atoms with E-state index in [4.69, 9.17) is 15.2 Å². The number of hydrogen-bond acceptors (Lipinski definition) is 4. The lowest BCUT2D eigenvalue weighted by Crippen LogP contribution is -2.12. The number of para-hydroxylation sites is 1. The summed E-state index contributed by atoms with van der Waals surface area (Å²) in [5.41, 5.74) is 6.73. The molecule has 5 nitrogen and oxygen atoms in total. The summed E-state index contributed by atoms with van der Waals surface area (Å²) in [6.45, 7) is 4.41. The van der Waals surface area contributed by atoms with Crippen LogP contribution in [0.25, 0.3) is 0 Å². The van der Waals surface area contributed by atoms with E-state index in [0.29, 0.717) is 26.3 Å². The second-order valence-corrected chi connectivity index (χ2v) is 4.33. The Kier molecular flexibility index (Phi) is 5.43. The van der Waals surface area contributed by atoms with E-state index < -0.39 is 0 Å². The van der Waals surface area contributed by atoms with Crippen molar-refractivity contribution in [3.05, 3.63) is 42.2 Å². The maximum Gasteiger partial charge on any atom is 0.164 e. The van der Waals surface area contributed by atoms with Gasteiger partial charge in [0.2, 0.25) is 0 Å². The first-order chi connectivity index (χ1) is 9.85. The summed E-state index contributed by atoms with van der Waals surface area (Å²) in [6.07, 6.45) is 4.45. The predicted molar refractivity (Wildman–Crippen MR) is 78.1 cm³/mol. The molecule has 1 aromatic carbocycles. The molecule has 0 aliphatic rings. The predicted octanol–water partition coefficient (Wildman–Crippen LogP) is 1.86. The molecule has 0 aliphatic carbocycles. The molecule has 0 spiro atoms. The molecule has 0 fully saturated rings. The molecule has 0 radical (unpaired) electrons. The maximum absolute atomic E-state index is 5.91. The Balaban J connectivity index is 2.06. The van der Waals surface area contributed by atoms with Gasteiger partial charge in [-0.1, -0.05) is 12.1 Å². The quantitative estimate of drug-likeness (QED) is 0.799. The van der Waals surface area contributed by atoms with Crippen LogP contribution in [0, 0.1) is 0 Å². The summed E-state index contributed by atoms with van der Waals surface area (Å²) in [6, 6.07) is 7.82. The van der Waals surface area contributed by atoms with Gasteiger partial charge in [-0.15, -0.1) is 0 Å². The molecular weight excluding hydrogens is 254 g/mol. The molecule has 0 saturated heterocycles. The van der Waals surface area contributed by atoms with Crippen molar-refractivity contribution >= 4 is 0 Å². The Labute approximate surface area is 119 Å². The maximum atomic E-state index is 5.91. The first kappa shape index (κ1) is 14.4. The second-order valence-electron chi connectivity index (χ2n) is 4.33. The highest BCUT2D eigenvalue weighted by Gasteiger charge is 2.10. The third-order valence-corrected chi connectivity index (χ3v) is 2.90. The van der Waals surface area contributed by atoms with Crippen LogP contribution in [0.4, 0.5) is 0 Å². The number of rotatable bonds is 8. The van der Waals surface area contributed by atoms with Crippen LogP contribution < -0.4 is 15.2 Å². The van der Waals surface area contributed by atoms with Gasteiger partial charge in [-0.3, -0.25) is 4.68 Å². The molecule has 108 valence electrons. The van der Waals surface area contributed by atoms with Crippen LogP contribution in [0.2, 0.25) is 0 Å². The van der Waals surface area contributed by atoms with E-state index in [0.717, 1.165) is 23.5 Å². The average Bonchev–Trinajstić information content (AvgIpc) is 2.95. The minimum Gasteiger partial charge on any atom is -0.490 e. The minimum absolute atomic E-state index is 0.545. The van der Waals surface area contributed by atoms with Crippen LogP contribution in [0.15, 0.2) is 36.7 Å². The van der Waals surface area contributed by atoms with Crippen molar-refractivity contribution in [2.45, 2.75) is 19.9 Å². The lowest BCUT2D eigenvalue weighted by molar-refractivity contribution is 0.260. The van der Waals surface area contributed by atoms with Crippen molar-refractivity contribution in [1.82, 2.24) is 9.78 Å². The third kappa shape index (κ3) is 3.74. The highest BCUT2D eigenvalue weighted by atomic mass is 16.5. The van der Waals surface area contributed by atoms with Gasteiger partial charge in [0.05, 0.1) is 13.2 Å². The summed E-state index contributed by atoms with van der Waals surface area (Å²) in [7, 11) is 0. The fraction of sp³-hybridized carbons (Fsp3) is 0.400. The SMILES string of the molecule is CCOc1cccc(CCN)c1OCCn1cccn1. The smallest absolute Gasteiger partial charge is 0.164 e. The van der Waals surface area contributed by atoms with Crippen molar-refractivity contribution in [2.24, 2.45) is 5.73 Å². The molecule has 0 aliphatic heterocycles. The van der Waals surface area contributed by atoms with Crippen molar-refractivity contribution in [2.75, 3.05) is 19.8 Å². The Morgan fingerprint density at radius 2 is 2.15 bits per heavy atom. The largest absolute Gasteiger partial charge is 0.490 e. The summed E-state index contributed by atoms with van der Waals surface area (Å²) in [4.78, 5) is 0. The zero-order valence-corrected chi connectivity index (χ0v) is 11.8. The van der Waals surface area contributed by atoms with E-state index in [-0.39, 0.29) is 0 Å². The van der Waals surface area contributed by atoms with Crippen LogP contribution in [0.1, 0.15) is 12.5 Å². The Bertz CT molecular complexity index is 488. The van der Waals surface area contributed by atoms with E-state index in [2.05, 4.69) is 5.10 Å². The topological polar surface area (TPSA) is 62.3 Å². The van der Waals surface area contributed by atoms with E-state index in [1.165, 1.54) is 0 Å². The summed E-state index contributed by atoms with van der Waals surface area (Å²) < 4.78 is 13.4. The van der Waals surface area contributed by atoms with Crippen LogP contribution in [-0.4, -0.2) is 29.5 Å². The number of aromatic nitrogens is 2. The fourth-order valence-electron chi connectivity index (χ4n) is 2.02. The van der Waals surface area contributed by atoms with Crippen molar-refractivity contribution < 1.29 is 9.47 Å². The van der Waals surface area contributed by atoms with Gasteiger partial charge >= 0.3 is 0 Å². The first-order valence-corrected chi connectivity index (χ1v) is 6.90. The molecule has 5 heteroatoms. The summed E-state index contributed by atoms with van der Waals surface area (Å²) >= 11 is 0. The van der Waals surface area contributed by atoms with Gasteiger partial charge in [0, 0.05) is 12.4 Å². The number of nitrogens with zero attached hydrogens (tertiary/aromatic N) is 2. The molecule has 1 aromatic heterocycles. The van der Waals surface area contributed by atoms with Crippen LogP contribution >= 0.6 is 0 Å². The number of ether oxygens (including phenoxy) is 2. The van der Waals surface area contributed by atoms with Crippen molar-refractivity contribution in [3.63, 3.8) is 0 Å². The molecule has 1 heterocycles. The lowest BCUT2D eigenvalue weighted by atomic mass is 10.1. The Morgan fingerprint density at radius 3 is 2.85 bits per heavy atom. The second kappa shape index (κ2) is 7.55. The molecule has 20 heavy (non-hydrogen) atoms. The molecule has 0 unspecified atom stereocenters. The number of nitrogens with two attached hydrogens (primary N) is 1. The third-order valence-electron chi connectivity index (χ3n) is 2.90. The monoisotopic (exact) mass is 275 g/mol. The van der Waals surface area contributed by atoms with Crippen LogP contribution in [-0.2, 0) is 13.0 Å². The van der Waals surface area contributed by atoms with E-state index in [1.54, 1.807) is 6.20 Å². The highest BCUT2D eigenvalue weighted by molar-refractivity contribution is 5.46. The van der Waals surface area contributed by atoms with Gasteiger partial charge in [-0.2, -0.15) is 5.10 Å². The molecule has 0 atom stereocenters. The van der Waals surface area contributed by atoms with Gasteiger partial charge in [0.15, 0.2) is 11.5 Å². The van der Waals surface area contributed by atoms with Crippen LogP contribution in [0.5, 0.6) is 11.5 Å². The lowest BCUT2D eigenvalue weighted by Gasteiger charge is -2.15. The highest BCUT2D eigenvalue weighted by Crippen LogP contribution is 2.31. The van der Waals surface area contributed by atoms with Gasteiger partial charge in [-0.05, 0) is 37.6 Å². The molecule has 2 aromatic rings. The number of hydrogen-bond donors (Lipinski definition) is 1.